The minimum absolute atomic E-state index is 1.14. The fourth-order valence-corrected chi connectivity index (χ4v) is 7.97. The topological polar surface area (TPSA) is 6.48 Å². The van der Waals surface area contributed by atoms with E-state index in [0.29, 0.717) is 0 Å². The molecule has 230 valence electrons. The van der Waals surface area contributed by atoms with E-state index in [1.165, 1.54) is 53.0 Å². The molecule has 0 amide bonds. The Balaban J connectivity index is 1.05. The van der Waals surface area contributed by atoms with Crippen LogP contribution in [0.3, 0.4) is 0 Å². The normalized spacial score (nSPS) is 14.5. The third-order valence-electron chi connectivity index (χ3n) is 8.36. The fourth-order valence-electron chi connectivity index (χ4n) is 5.81. The number of benzene rings is 6. The molecule has 0 fully saturated rings. The van der Waals surface area contributed by atoms with E-state index in [4.69, 9.17) is 0 Å². The number of rotatable bonds is 7. The molecule has 0 radical (unpaired) electrons. The molecular weight excluding hydrogens is 621 g/mol. The zero-order valence-corrected chi connectivity index (χ0v) is 27.8. The second kappa shape index (κ2) is 13.7. The summed E-state index contributed by atoms with van der Waals surface area (Å²) in [5, 5.41) is 0. The van der Waals surface area contributed by atoms with Crippen LogP contribution in [-0.4, -0.2) is 0 Å². The highest BCUT2D eigenvalue weighted by Gasteiger charge is 2.19. The Morgan fingerprint density at radius 1 is 0.250 bits per heavy atom. The van der Waals surface area contributed by atoms with E-state index < -0.39 is 0 Å². The summed E-state index contributed by atoms with van der Waals surface area (Å²) in [6.45, 7) is 0. The number of hydrogen-bond donors (Lipinski definition) is 0. The molecule has 0 saturated heterocycles. The van der Waals surface area contributed by atoms with Crippen molar-refractivity contribution in [2.24, 2.45) is 0 Å². The Labute approximate surface area is 291 Å². The van der Waals surface area contributed by atoms with Gasteiger partial charge in [-0.15, -0.1) is 0 Å². The van der Waals surface area contributed by atoms with Crippen LogP contribution in [0.2, 0.25) is 0 Å². The third-order valence-corrected chi connectivity index (χ3v) is 10.6. The van der Waals surface area contributed by atoms with Crippen molar-refractivity contribution in [1.29, 1.82) is 0 Å². The van der Waals surface area contributed by atoms with Gasteiger partial charge < -0.3 is 9.80 Å². The van der Waals surface area contributed by atoms with Crippen molar-refractivity contribution in [1.82, 2.24) is 0 Å². The first kappa shape index (κ1) is 29.9. The van der Waals surface area contributed by atoms with Gasteiger partial charge in [-0.2, -0.15) is 0 Å². The number of anilines is 2. The Hall–Kier alpha value is -5.42. The predicted molar refractivity (Wildman–Crippen MR) is 210 cm³/mol. The molecule has 2 nitrogen and oxygen atoms in total. The van der Waals surface area contributed by atoms with Crippen LogP contribution in [-0.2, 0) is 0 Å². The van der Waals surface area contributed by atoms with Crippen LogP contribution in [0.1, 0.15) is 22.3 Å². The zero-order valence-electron chi connectivity index (χ0n) is 26.2. The van der Waals surface area contributed by atoms with E-state index >= 15 is 0 Å². The van der Waals surface area contributed by atoms with Gasteiger partial charge in [-0.05, 0) is 57.6 Å². The van der Waals surface area contributed by atoms with Crippen molar-refractivity contribution in [2.45, 2.75) is 0 Å². The molecule has 0 unspecified atom stereocenters. The van der Waals surface area contributed by atoms with E-state index in [1.54, 1.807) is 0 Å². The van der Waals surface area contributed by atoms with Gasteiger partial charge in [0.25, 0.3) is 0 Å². The summed E-state index contributed by atoms with van der Waals surface area (Å²) in [7, 11) is 0. The van der Waals surface area contributed by atoms with E-state index in [1.807, 2.05) is 23.5 Å². The van der Waals surface area contributed by atoms with Crippen molar-refractivity contribution in [2.75, 3.05) is 9.80 Å². The summed E-state index contributed by atoms with van der Waals surface area (Å²) in [5.74, 6) is 0. The lowest BCUT2D eigenvalue weighted by atomic mass is 10.0. The molecule has 0 bridgehead atoms. The van der Waals surface area contributed by atoms with Gasteiger partial charge in [-0.25, -0.2) is 0 Å². The zero-order chi connectivity index (χ0) is 32.1. The Morgan fingerprint density at radius 2 is 0.500 bits per heavy atom. The average molecular weight is 653 g/mol. The maximum absolute atomic E-state index is 2.24. The van der Waals surface area contributed by atoms with Gasteiger partial charge in [0.1, 0.15) is 0 Å². The number of para-hydroxylation sites is 2. The lowest BCUT2D eigenvalue weighted by Gasteiger charge is -2.25. The molecule has 4 heteroatoms. The third kappa shape index (κ3) is 6.54. The molecule has 48 heavy (non-hydrogen) atoms. The number of thioether (sulfide) groups is 2. The predicted octanol–water partition coefficient (Wildman–Crippen LogP) is 12.5. The standard InChI is InChI=1S/C44H32N2S2/c1-5-13-35(14-6-1)41-29-45(39-17-9-3-10-18-39)31-43(47-41)37-25-21-33(22-26-37)34-23-27-38(28-24-34)44-32-46(40-19-11-4-12-20-40)30-42(48-44)36-15-7-2-8-16-36/h1-32H. The molecule has 0 saturated carbocycles. The highest BCUT2D eigenvalue weighted by atomic mass is 32.2. The first-order chi connectivity index (χ1) is 23.8. The van der Waals surface area contributed by atoms with E-state index in [9.17, 15) is 0 Å². The van der Waals surface area contributed by atoms with Crippen LogP contribution < -0.4 is 9.80 Å². The maximum atomic E-state index is 2.24. The average Bonchev–Trinajstić information content (AvgIpc) is 3.19. The van der Waals surface area contributed by atoms with Crippen LogP contribution in [0.25, 0.3) is 30.7 Å². The van der Waals surface area contributed by atoms with Gasteiger partial charge in [-0.1, -0.05) is 169 Å². The molecule has 8 rings (SSSR count). The van der Waals surface area contributed by atoms with Gasteiger partial charge in [-0.3, -0.25) is 0 Å². The molecular formula is C44H32N2S2. The number of hydrogen-bond acceptors (Lipinski definition) is 4. The highest BCUT2D eigenvalue weighted by molar-refractivity contribution is 8.16. The van der Waals surface area contributed by atoms with Gasteiger partial charge in [0.05, 0.1) is 0 Å². The SMILES string of the molecule is C1=C(c2ccccc2)SC(c2ccc(-c3ccc(C4=CN(c5ccccc5)C=C(c5ccccc5)S4)cc3)cc2)=CN1c1ccccc1. The molecule has 6 aromatic rings. The molecule has 0 aromatic heterocycles. The number of nitrogens with zero attached hydrogens (tertiary/aromatic N) is 2. The highest BCUT2D eigenvalue weighted by Crippen LogP contribution is 2.45. The van der Waals surface area contributed by atoms with Gasteiger partial charge in [0.15, 0.2) is 0 Å². The second-order valence-corrected chi connectivity index (χ2v) is 13.7. The van der Waals surface area contributed by atoms with Gasteiger partial charge in [0, 0.05) is 55.8 Å². The fraction of sp³-hybridized carbons (Fsp3) is 0. The van der Waals surface area contributed by atoms with Crippen molar-refractivity contribution >= 4 is 54.5 Å². The molecule has 2 aliphatic rings. The quantitative estimate of drug-likeness (QED) is 0.169. The molecule has 0 spiro atoms. The summed E-state index contributed by atoms with van der Waals surface area (Å²) in [5.41, 5.74) is 9.53. The Kier molecular flexibility index (Phi) is 8.58. The van der Waals surface area contributed by atoms with Crippen LogP contribution in [0, 0.1) is 0 Å². The minimum atomic E-state index is 1.14. The van der Waals surface area contributed by atoms with Crippen LogP contribution >= 0.6 is 23.5 Å². The summed E-state index contributed by atoms with van der Waals surface area (Å²) >= 11 is 3.63. The monoisotopic (exact) mass is 652 g/mol. The van der Waals surface area contributed by atoms with Gasteiger partial charge in [0.2, 0.25) is 0 Å². The summed E-state index contributed by atoms with van der Waals surface area (Å²) in [6.07, 6.45) is 8.93. The summed E-state index contributed by atoms with van der Waals surface area (Å²) < 4.78 is 0. The summed E-state index contributed by atoms with van der Waals surface area (Å²) in [4.78, 5) is 9.35. The van der Waals surface area contributed by atoms with E-state index in [-0.39, 0.29) is 0 Å². The lowest BCUT2D eigenvalue weighted by molar-refractivity contribution is 1.29. The van der Waals surface area contributed by atoms with E-state index in [0.717, 1.165) is 11.4 Å². The molecule has 0 N–H and O–H groups in total. The Morgan fingerprint density at radius 3 is 0.812 bits per heavy atom. The smallest absolute Gasteiger partial charge is 0.0450 e. The van der Waals surface area contributed by atoms with Crippen LogP contribution in [0.15, 0.2) is 195 Å². The van der Waals surface area contributed by atoms with Crippen LogP contribution in [0.4, 0.5) is 11.4 Å². The first-order valence-corrected chi connectivity index (χ1v) is 17.6. The molecule has 0 atom stereocenters. The van der Waals surface area contributed by atoms with Crippen molar-refractivity contribution in [3.8, 4) is 11.1 Å². The molecule has 2 heterocycles. The first-order valence-electron chi connectivity index (χ1n) is 16.0. The molecule has 6 aromatic carbocycles. The van der Waals surface area contributed by atoms with E-state index in [2.05, 4.69) is 204 Å². The Bertz CT molecular complexity index is 1980. The van der Waals surface area contributed by atoms with Gasteiger partial charge >= 0.3 is 0 Å². The molecule has 0 aliphatic carbocycles. The summed E-state index contributed by atoms with van der Waals surface area (Å²) in [6, 6.07) is 60.2. The second-order valence-electron chi connectivity index (χ2n) is 11.5. The maximum Gasteiger partial charge on any atom is 0.0450 e. The van der Waals surface area contributed by atoms with Crippen molar-refractivity contribution in [3.05, 3.63) is 217 Å². The molecule has 2 aliphatic heterocycles. The van der Waals surface area contributed by atoms with Crippen molar-refractivity contribution in [3.63, 3.8) is 0 Å². The van der Waals surface area contributed by atoms with Crippen LogP contribution in [0.5, 0.6) is 0 Å². The minimum Gasteiger partial charge on any atom is -0.322 e. The van der Waals surface area contributed by atoms with Crippen molar-refractivity contribution < 1.29 is 0 Å². The lowest BCUT2D eigenvalue weighted by Crippen LogP contribution is -2.11. The largest absolute Gasteiger partial charge is 0.322 e.